The molecule has 0 atom stereocenters. The SMILES string of the molecule is CCCOc1ccc(/C=N\NC(=O)c2ccccn2)cc1. The summed E-state index contributed by atoms with van der Waals surface area (Å²) in [5.41, 5.74) is 3.64. The van der Waals surface area contributed by atoms with E-state index < -0.39 is 0 Å². The molecule has 108 valence electrons. The molecule has 5 nitrogen and oxygen atoms in total. The zero-order valence-electron chi connectivity index (χ0n) is 11.8. The minimum Gasteiger partial charge on any atom is -0.494 e. The van der Waals surface area contributed by atoms with Crippen LogP contribution in [0.5, 0.6) is 5.75 Å². The first-order chi connectivity index (χ1) is 10.3. The number of aromatic nitrogens is 1. The minimum atomic E-state index is -0.338. The van der Waals surface area contributed by atoms with E-state index in [0.29, 0.717) is 12.3 Å². The Kier molecular flexibility index (Phi) is 5.46. The Labute approximate surface area is 123 Å². The van der Waals surface area contributed by atoms with Gasteiger partial charge in [-0.15, -0.1) is 0 Å². The molecule has 21 heavy (non-hydrogen) atoms. The van der Waals surface area contributed by atoms with Crippen LogP contribution in [0, 0.1) is 0 Å². The molecule has 5 heteroatoms. The summed E-state index contributed by atoms with van der Waals surface area (Å²) in [5, 5.41) is 3.90. The normalized spacial score (nSPS) is 10.5. The van der Waals surface area contributed by atoms with Gasteiger partial charge in [-0.1, -0.05) is 13.0 Å². The molecule has 0 saturated heterocycles. The topological polar surface area (TPSA) is 63.6 Å². The van der Waals surface area contributed by atoms with Crippen LogP contribution in [-0.2, 0) is 0 Å². The third-order valence-electron chi connectivity index (χ3n) is 2.63. The highest BCUT2D eigenvalue weighted by Gasteiger charge is 2.03. The van der Waals surface area contributed by atoms with Crippen molar-refractivity contribution < 1.29 is 9.53 Å². The number of carbonyl (C=O) groups is 1. The predicted molar refractivity (Wildman–Crippen MR) is 81.5 cm³/mol. The predicted octanol–water partition coefficient (Wildman–Crippen LogP) is 2.63. The summed E-state index contributed by atoms with van der Waals surface area (Å²) < 4.78 is 5.49. The van der Waals surface area contributed by atoms with E-state index in [1.807, 2.05) is 24.3 Å². The van der Waals surface area contributed by atoms with Crippen LogP contribution in [-0.4, -0.2) is 23.7 Å². The molecular weight excluding hydrogens is 266 g/mol. The summed E-state index contributed by atoms with van der Waals surface area (Å²) in [6.45, 7) is 2.76. The number of benzene rings is 1. The number of hydrazone groups is 1. The number of ether oxygens (including phenoxy) is 1. The maximum atomic E-state index is 11.7. The molecule has 0 saturated carbocycles. The summed E-state index contributed by atoms with van der Waals surface area (Å²) in [7, 11) is 0. The first-order valence-electron chi connectivity index (χ1n) is 6.77. The van der Waals surface area contributed by atoms with Gasteiger partial charge in [-0.2, -0.15) is 5.10 Å². The van der Waals surface area contributed by atoms with Crippen LogP contribution in [0.2, 0.25) is 0 Å². The van der Waals surface area contributed by atoms with E-state index in [-0.39, 0.29) is 5.91 Å². The number of pyridine rings is 1. The molecule has 0 aliphatic heterocycles. The van der Waals surface area contributed by atoms with Gasteiger partial charge in [0, 0.05) is 6.20 Å². The van der Waals surface area contributed by atoms with Crippen molar-refractivity contribution in [3.8, 4) is 5.75 Å². The number of nitrogens with one attached hydrogen (secondary N) is 1. The quantitative estimate of drug-likeness (QED) is 0.654. The molecular formula is C16H17N3O2. The molecule has 2 aromatic rings. The van der Waals surface area contributed by atoms with Gasteiger partial charge in [-0.25, -0.2) is 5.43 Å². The fourth-order valence-electron chi connectivity index (χ4n) is 1.59. The van der Waals surface area contributed by atoms with Crippen LogP contribution in [0.3, 0.4) is 0 Å². The van der Waals surface area contributed by atoms with E-state index in [0.717, 1.165) is 17.7 Å². The maximum absolute atomic E-state index is 11.7. The van der Waals surface area contributed by atoms with E-state index in [2.05, 4.69) is 22.4 Å². The van der Waals surface area contributed by atoms with Crippen molar-refractivity contribution >= 4 is 12.1 Å². The van der Waals surface area contributed by atoms with Crippen molar-refractivity contribution in [1.82, 2.24) is 10.4 Å². The molecule has 2 rings (SSSR count). The molecule has 0 fully saturated rings. The lowest BCUT2D eigenvalue weighted by molar-refractivity contribution is 0.0950. The smallest absolute Gasteiger partial charge is 0.289 e. The Hall–Kier alpha value is -2.69. The van der Waals surface area contributed by atoms with E-state index in [4.69, 9.17) is 4.74 Å². The second-order valence-corrected chi connectivity index (χ2v) is 4.33. The first kappa shape index (κ1) is 14.7. The second-order valence-electron chi connectivity index (χ2n) is 4.33. The number of hydrogen-bond donors (Lipinski definition) is 1. The molecule has 0 aliphatic carbocycles. The molecule has 0 bridgehead atoms. The van der Waals surface area contributed by atoms with Gasteiger partial charge >= 0.3 is 0 Å². The molecule has 0 unspecified atom stereocenters. The zero-order valence-corrected chi connectivity index (χ0v) is 11.8. The molecule has 1 aromatic heterocycles. The van der Waals surface area contributed by atoms with Gasteiger partial charge in [0.15, 0.2) is 0 Å². The highest BCUT2D eigenvalue weighted by atomic mass is 16.5. The number of rotatable bonds is 6. The lowest BCUT2D eigenvalue weighted by Gasteiger charge is -2.03. The van der Waals surface area contributed by atoms with Crippen LogP contribution in [0.1, 0.15) is 29.4 Å². The molecule has 1 amide bonds. The van der Waals surface area contributed by atoms with Crippen molar-refractivity contribution in [3.63, 3.8) is 0 Å². The monoisotopic (exact) mass is 283 g/mol. The fourth-order valence-corrected chi connectivity index (χ4v) is 1.59. The summed E-state index contributed by atoms with van der Waals surface area (Å²) in [4.78, 5) is 15.6. The summed E-state index contributed by atoms with van der Waals surface area (Å²) in [6.07, 6.45) is 4.11. The van der Waals surface area contributed by atoms with Crippen molar-refractivity contribution in [2.75, 3.05) is 6.61 Å². The van der Waals surface area contributed by atoms with Crippen LogP contribution >= 0.6 is 0 Å². The Bertz CT molecular complexity index is 595. The van der Waals surface area contributed by atoms with Crippen LogP contribution in [0.4, 0.5) is 0 Å². The van der Waals surface area contributed by atoms with Gasteiger partial charge in [-0.3, -0.25) is 9.78 Å². The number of nitrogens with zero attached hydrogens (tertiary/aromatic N) is 2. The van der Waals surface area contributed by atoms with Crippen molar-refractivity contribution in [1.29, 1.82) is 0 Å². The van der Waals surface area contributed by atoms with Gasteiger partial charge in [-0.05, 0) is 48.4 Å². The summed E-state index contributed by atoms with van der Waals surface area (Å²) in [6, 6.07) is 12.6. The third kappa shape index (κ3) is 4.72. The molecule has 1 N–H and O–H groups in total. The Balaban J connectivity index is 1.88. The number of amides is 1. The summed E-state index contributed by atoms with van der Waals surface area (Å²) >= 11 is 0. The van der Waals surface area contributed by atoms with Gasteiger partial charge < -0.3 is 4.74 Å². The Morgan fingerprint density at radius 1 is 1.29 bits per heavy atom. The van der Waals surface area contributed by atoms with E-state index in [1.54, 1.807) is 30.6 Å². The maximum Gasteiger partial charge on any atom is 0.289 e. The third-order valence-corrected chi connectivity index (χ3v) is 2.63. The highest BCUT2D eigenvalue weighted by Crippen LogP contribution is 2.11. The van der Waals surface area contributed by atoms with Gasteiger partial charge in [0.2, 0.25) is 0 Å². The van der Waals surface area contributed by atoms with Crippen LogP contribution in [0.15, 0.2) is 53.8 Å². The van der Waals surface area contributed by atoms with Gasteiger partial charge in [0.25, 0.3) is 5.91 Å². The molecule has 1 heterocycles. The lowest BCUT2D eigenvalue weighted by Crippen LogP contribution is -2.18. The minimum absolute atomic E-state index is 0.331. The molecule has 0 aliphatic rings. The van der Waals surface area contributed by atoms with Crippen molar-refractivity contribution in [2.24, 2.45) is 5.10 Å². The van der Waals surface area contributed by atoms with E-state index >= 15 is 0 Å². The summed E-state index contributed by atoms with van der Waals surface area (Å²) in [5.74, 6) is 0.487. The largest absolute Gasteiger partial charge is 0.494 e. The molecule has 1 aromatic carbocycles. The fraction of sp³-hybridized carbons (Fsp3) is 0.188. The Morgan fingerprint density at radius 2 is 2.10 bits per heavy atom. The van der Waals surface area contributed by atoms with Gasteiger partial charge in [0.05, 0.1) is 12.8 Å². The van der Waals surface area contributed by atoms with Crippen molar-refractivity contribution in [3.05, 3.63) is 59.9 Å². The van der Waals surface area contributed by atoms with E-state index in [9.17, 15) is 4.79 Å². The van der Waals surface area contributed by atoms with Crippen LogP contribution in [0.25, 0.3) is 0 Å². The number of carbonyl (C=O) groups excluding carboxylic acids is 1. The zero-order chi connectivity index (χ0) is 14.9. The van der Waals surface area contributed by atoms with E-state index in [1.165, 1.54) is 0 Å². The molecule has 0 radical (unpaired) electrons. The molecule has 0 spiro atoms. The Morgan fingerprint density at radius 3 is 2.76 bits per heavy atom. The van der Waals surface area contributed by atoms with Crippen molar-refractivity contribution in [2.45, 2.75) is 13.3 Å². The standard InChI is InChI=1S/C16H17N3O2/c1-2-11-21-14-8-6-13(7-9-14)12-18-19-16(20)15-5-3-4-10-17-15/h3-10,12H,2,11H2,1H3,(H,19,20)/b18-12-. The number of hydrogen-bond acceptors (Lipinski definition) is 4. The lowest BCUT2D eigenvalue weighted by atomic mass is 10.2. The first-order valence-corrected chi connectivity index (χ1v) is 6.77. The van der Waals surface area contributed by atoms with Crippen LogP contribution < -0.4 is 10.2 Å². The second kappa shape index (κ2) is 7.79. The van der Waals surface area contributed by atoms with Gasteiger partial charge in [0.1, 0.15) is 11.4 Å². The average molecular weight is 283 g/mol. The average Bonchev–Trinajstić information content (AvgIpc) is 2.55. The highest BCUT2D eigenvalue weighted by molar-refractivity contribution is 5.93.